The molecule has 0 aliphatic carbocycles. The van der Waals surface area contributed by atoms with Crippen molar-refractivity contribution in [2.24, 2.45) is 4.99 Å². The van der Waals surface area contributed by atoms with Gasteiger partial charge in [-0.1, -0.05) is 0 Å². The van der Waals surface area contributed by atoms with Gasteiger partial charge in [0.25, 0.3) is 0 Å². The van der Waals surface area contributed by atoms with Crippen LogP contribution in [0.15, 0.2) is 23.2 Å². The molecule has 0 spiro atoms. The number of halogens is 3. The number of rotatable bonds is 1. The average molecular weight is 203 g/mol. The second kappa shape index (κ2) is 3.69. The fourth-order valence-electron chi connectivity index (χ4n) is 0.968. The minimum absolute atomic E-state index is 0.264. The first-order valence-electron chi connectivity index (χ1n) is 3.77. The van der Waals surface area contributed by atoms with Crippen LogP contribution in [0.3, 0.4) is 0 Å². The lowest BCUT2D eigenvalue weighted by molar-refractivity contribution is -0.137. The number of hydrogen-bond donors (Lipinski definition) is 1. The molecule has 14 heavy (non-hydrogen) atoms. The van der Waals surface area contributed by atoms with Crippen LogP contribution < -0.4 is 0 Å². The standard InChI is InChI=1S/C9H8F3NO/c1-13-5-6-2-3-7(4-8(6)14)9(10,11)12/h2-5,14H,1H3/b13-5+. The summed E-state index contributed by atoms with van der Waals surface area (Å²) >= 11 is 0. The summed E-state index contributed by atoms with van der Waals surface area (Å²) in [5, 5.41) is 9.19. The summed E-state index contributed by atoms with van der Waals surface area (Å²) in [6.07, 6.45) is -3.14. The van der Waals surface area contributed by atoms with Crippen molar-refractivity contribution in [1.82, 2.24) is 0 Å². The maximum absolute atomic E-state index is 12.1. The van der Waals surface area contributed by atoms with Crippen LogP contribution in [0.25, 0.3) is 0 Å². The van der Waals surface area contributed by atoms with Gasteiger partial charge in [0.1, 0.15) is 5.75 Å². The lowest BCUT2D eigenvalue weighted by atomic mass is 10.1. The number of hydrogen-bond acceptors (Lipinski definition) is 2. The molecule has 0 fully saturated rings. The van der Waals surface area contributed by atoms with Gasteiger partial charge in [-0.05, 0) is 18.2 Å². The highest BCUT2D eigenvalue weighted by molar-refractivity contribution is 5.83. The Morgan fingerprint density at radius 1 is 1.36 bits per heavy atom. The molecule has 0 heterocycles. The van der Waals surface area contributed by atoms with Crippen LogP contribution in [0.2, 0.25) is 0 Å². The van der Waals surface area contributed by atoms with E-state index in [0.29, 0.717) is 6.07 Å². The quantitative estimate of drug-likeness (QED) is 0.698. The van der Waals surface area contributed by atoms with Gasteiger partial charge in [0, 0.05) is 18.8 Å². The molecule has 2 nitrogen and oxygen atoms in total. The predicted molar refractivity (Wildman–Crippen MR) is 46.6 cm³/mol. The summed E-state index contributed by atoms with van der Waals surface area (Å²) < 4.78 is 36.4. The molecule has 1 N–H and O–H groups in total. The Morgan fingerprint density at radius 3 is 2.43 bits per heavy atom. The van der Waals surface area contributed by atoms with Gasteiger partial charge < -0.3 is 5.11 Å². The summed E-state index contributed by atoms with van der Waals surface area (Å²) in [6.45, 7) is 0. The van der Waals surface area contributed by atoms with Gasteiger partial charge >= 0.3 is 6.18 Å². The normalized spacial score (nSPS) is 12.3. The zero-order valence-electron chi connectivity index (χ0n) is 7.34. The van der Waals surface area contributed by atoms with E-state index in [4.69, 9.17) is 0 Å². The van der Waals surface area contributed by atoms with E-state index in [2.05, 4.69) is 4.99 Å². The number of phenols is 1. The number of phenolic OH excluding ortho intramolecular Hbond substituents is 1. The summed E-state index contributed by atoms with van der Waals surface area (Å²) in [4.78, 5) is 3.59. The minimum atomic E-state index is -4.43. The van der Waals surface area contributed by atoms with Crippen LogP contribution in [0.5, 0.6) is 5.75 Å². The molecule has 0 aromatic heterocycles. The molecule has 1 aromatic rings. The van der Waals surface area contributed by atoms with E-state index in [0.717, 1.165) is 6.07 Å². The van der Waals surface area contributed by atoms with E-state index in [1.807, 2.05) is 0 Å². The van der Waals surface area contributed by atoms with Crippen LogP contribution in [0.4, 0.5) is 13.2 Å². The van der Waals surface area contributed by atoms with E-state index in [-0.39, 0.29) is 5.56 Å². The third-order valence-corrected chi connectivity index (χ3v) is 1.63. The van der Waals surface area contributed by atoms with Crippen molar-refractivity contribution in [3.8, 4) is 5.75 Å². The highest BCUT2D eigenvalue weighted by atomic mass is 19.4. The summed E-state index contributed by atoms with van der Waals surface area (Å²) in [5.74, 6) is -0.426. The Hall–Kier alpha value is -1.52. The molecule has 0 saturated heterocycles. The van der Waals surface area contributed by atoms with Crippen molar-refractivity contribution in [3.05, 3.63) is 29.3 Å². The molecule has 5 heteroatoms. The SMILES string of the molecule is C/N=C/c1ccc(C(F)(F)F)cc1O. The van der Waals surface area contributed by atoms with Gasteiger partial charge in [-0.15, -0.1) is 0 Å². The molecule has 76 valence electrons. The fraction of sp³-hybridized carbons (Fsp3) is 0.222. The Labute approximate surface area is 78.7 Å². The van der Waals surface area contributed by atoms with Crippen molar-refractivity contribution < 1.29 is 18.3 Å². The van der Waals surface area contributed by atoms with E-state index < -0.39 is 17.5 Å². The Morgan fingerprint density at radius 2 is 2.00 bits per heavy atom. The number of aromatic hydroxyl groups is 1. The van der Waals surface area contributed by atoms with Crippen molar-refractivity contribution in [3.63, 3.8) is 0 Å². The first-order valence-corrected chi connectivity index (χ1v) is 3.77. The lowest BCUT2D eigenvalue weighted by Gasteiger charge is -2.07. The number of nitrogens with zero attached hydrogens (tertiary/aromatic N) is 1. The monoisotopic (exact) mass is 203 g/mol. The molecule has 0 atom stereocenters. The van der Waals surface area contributed by atoms with Gasteiger partial charge in [0.15, 0.2) is 0 Å². The van der Waals surface area contributed by atoms with Crippen LogP contribution in [0, 0.1) is 0 Å². The topological polar surface area (TPSA) is 32.6 Å². The molecule has 0 aliphatic heterocycles. The van der Waals surface area contributed by atoms with E-state index in [1.54, 1.807) is 0 Å². The Bertz CT molecular complexity index is 358. The van der Waals surface area contributed by atoms with Gasteiger partial charge in [0.05, 0.1) is 5.56 Å². The number of alkyl halides is 3. The zero-order valence-corrected chi connectivity index (χ0v) is 7.34. The molecular weight excluding hydrogens is 195 g/mol. The molecule has 0 aliphatic rings. The Balaban J connectivity index is 3.13. The molecule has 0 bridgehead atoms. The van der Waals surface area contributed by atoms with Crippen molar-refractivity contribution in [1.29, 1.82) is 0 Å². The Kier molecular flexibility index (Phi) is 2.78. The molecule has 0 saturated carbocycles. The maximum atomic E-state index is 12.1. The molecule has 0 amide bonds. The van der Waals surface area contributed by atoms with Gasteiger partial charge in [0.2, 0.25) is 0 Å². The van der Waals surface area contributed by atoms with Crippen LogP contribution in [-0.4, -0.2) is 18.4 Å². The first kappa shape index (κ1) is 10.6. The van der Waals surface area contributed by atoms with Crippen LogP contribution >= 0.6 is 0 Å². The average Bonchev–Trinajstić information content (AvgIpc) is 2.07. The van der Waals surface area contributed by atoms with E-state index in [1.165, 1.54) is 19.3 Å². The van der Waals surface area contributed by atoms with Crippen molar-refractivity contribution in [2.75, 3.05) is 7.05 Å². The first-order chi connectivity index (χ1) is 6.45. The van der Waals surface area contributed by atoms with E-state index in [9.17, 15) is 18.3 Å². The highest BCUT2D eigenvalue weighted by Gasteiger charge is 2.30. The van der Waals surface area contributed by atoms with Gasteiger partial charge in [-0.25, -0.2) is 0 Å². The second-order valence-electron chi connectivity index (χ2n) is 2.66. The van der Waals surface area contributed by atoms with Gasteiger partial charge in [-0.3, -0.25) is 4.99 Å². The lowest BCUT2D eigenvalue weighted by Crippen LogP contribution is -2.04. The molecule has 0 unspecified atom stereocenters. The summed E-state index contributed by atoms with van der Waals surface area (Å²) in [5.41, 5.74) is -0.608. The smallest absolute Gasteiger partial charge is 0.416 e. The summed E-state index contributed by atoms with van der Waals surface area (Å²) in [7, 11) is 1.47. The highest BCUT2D eigenvalue weighted by Crippen LogP contribution is 2.32. The largest absolute Gasteiger partial charge is 0.507 e. The van der Waals surface area contributed by atoms with Gasteiger partial charge in [-0.2, -0.15) is 13.2 Å². The fourth-order valence-corrected chi connectivity index (χ4v) is 0.968. The molecular formula is C9H8F3NO. The third kappa shape index (κ3) is 2.25. The van der Waals surface area contributed by atoms with Crippen molar-refractivity contribution >= 4 is 6.21 Å². The third-order valence-electron chi connectivity index (χ3n) is 1.63. The number of aliphatic imine (C=N–C) groups is 1. The second-order valence-corrected chi connectivity index (χ2v) is 2.66. The van der Waals surface area contributed by atoms with E-state index >= 15 is 0 Å². The molecule has 0 radical (unpaired) electrons. The number of benzene rings is 1. The van der Waals surface area contributed by atoms with Crippen molar-refractivity contribution in [2.45, 2.75) is 6.18 Å². The molecule has 1 aromatic carbocycles. The minimum Gasteiger partial charge on any atom is -0.507 e. The van der Waals surface area contributed by atoms with Crippen LogP contribution in [0.1, 0.15) is 11.1 Å². The molecule has 1 rings (SSSR count). The zero-order chi connectivity index (χ0) is 10.8. The maximum Gasteiger partial charge on any atom is 0.416 e. The summed E-state index contributed by atoms with van der Waals surface area (Å²) in [6, 6.07) is 2.75. The predicted octanol–water partition coefficient (Wildman–Crippen LogP) is 2.46. The van der Waals surface area contributed by atoms with Crippen LogP contribution in [-0.2, 0) is 6.18 Å².